The van der Waals surface area contributed by atoms with Crippen LogP contribution in [0.5, 0.6) is 0 Å². The van der Waals surface area contributed by atoms with E-state index in [-0.39, 0.29) is 5.91 Å². The zero-order valence-corrected chi connectivity index (χ0v) is 18.1. The molecule has 4 rings (SSSR count). The van der Waals surface area contributed by atoms with Crippen molar-refractivity contribution in [3.05, 3.63) is 54.1 Å². The SMILES string of the molecule is Cc1ccccc1N1CCN(c2ccccc2NC(=O)[C@H]2CCCC[C@@H]2C(=O)O)CC1. The lowest BCUT2D eigenvalue weighted by molar-refractivity contribution is -0.147. The number of piperazine rings is 1. The van der Waals surface area contributed by atoms with Gasteiger partial charge in [-0.3, -0.25) is 9.59 Å². The third kappa shape index (κ3) is 4.68. The van der Waals surface area contributed by atoms with Gasteiger partial charge in [0.2, 0.25) is 5.91 Å². The molecule has 2 aliphatic rings. The molecule has 1 saturated carbocycles. The van der Waals surface area contributed by atoms with Gasteiger partial charge in [-0.1, -0.05) is 43.2 Å². The van der Waals surface area contributed by atoms with Gasteiger partial charge in [-0.25, -0.2) is 0 Å². The number of rotatable bonds is 5. The molecule has 31 heavy (non-hydrogen) atoms. The van der Waals surface area contributed by atoms with Crippen molar-refractivity contribution in [2.45, 2.75) is 32.6 Å². The van der Waals surface area contributed by atoms with Crippen molar-refractivity contribution >= 4 is 28.9 Å². The van der Waals surface area contributed by atoms with Crippen molar-refractivity contribution in [1.82, 2.24) is 0 Å². The number of hydrogen-bond acceptors (Lipinski definition) is 4. The van der Waals surface area contributed by atoms with Gasteiger partial charge in [0.1, 0.15) is 0 Å². The highest BCUT2D eigenvalue weighted by Gasteiger charge is 2.36. The Bertz CT molecular complexity index is 937. The molecule has 2 aromatic carbocycles. The predicted octanol–water partition coefficient (Wildman–Crippen LogP) is 4.15. The van der Waals surface area contributed by atoms with Crippen molar-refractivity contribution in [2.24, 2.45) is 11.8 Å². The topological polar surface area (TPSA) is 72.9 Å². The molecule has 1 amide bonds. The second-order valence-electron chi connectivity index (χ2n) is 8.60. The number of carboxylic acids is 1. The summed E-state index contributed by atoms with van der Waals surface area (Å²) in [6, 6.07) is 16.3. The number of aryl methyl sites for hydroxylation is 1. The van der Waals surface area contributed by atoms with Crippen molar-refractivity contribution in [2.75, 3.05) is 41.3 Å². The number of benzene rings is 2. The Morgan fingerprint density at radius 3 is 2.03 bits per heavy atom. The van der Waals surface area contributed by atoms with E-state index >= 15 is 0 Å². The van der Waals surface area contributed by atoms with E-state index < -0.39 is 17.8 Å². The number of aliphatic carboxylic acids is 1. The Morgan fingerprint density at radius 1 is 0.839 bits per heavy atom. The van der Waals surface area contributed by atoms with Crippen molar-refractivity contribution in [1.29, 1.82) is 0 Å². The third-order valence-electron chi connectivity index (χ3n) is 6.66. The number of amides is 1. The molecule has 6 nitrogen and oxygen atoms in total. The van der Waals surface area contributed by atoms with Crippen LogP contribution >= 0.6 is 0 Å². The molecule has 0 aromatic heterocycles. The molecule has 2 N–H and O–H groups in total. The maximum Gasteiger partial charge on any atom is 0.307 e. The Morgan fingerprint density at radius 2 is 1.39 bits per heavy atom. The van der Waals surface area contributed by atoms with Crippen LogP contribution in [-0.4, -0.2) is 43.2 Å². The Balaban J connectivity index is 1.45. The first kappa shape index (κ1) is 21.2. The lowest BCUT2D eigenvalue weighted by Gasteiger charge is -2.38. The van der Waals surface area contributed by atoms with E-state index in [1.807, 2.05) is 24.3 Å². The van der Waals surface area contributed by atoms with Crippen molar-refractivity contribution in [3.63, 3.8) is 0 Å². The summed E-state index contributed by atoms with van der Waals surface area (Å²) in [4.78, 5) is 29.3. The largest absolute Gasteiger partial charge is 0.481 e. The molecule has 164 valence electrons. The highest BCUT2D eigenvalue weighted by Crippen LogP contribution is 2.33. The van der Waals surface area contributed by atoms with Crippen LogP contribution in [0.1, 0.15) is 31.2 Å². The van der Waals surface area contributed by atoms with Crippen LogP contribution in [0.2, 0.25) is 0 Å². The number of nitrogens with zero attached hydrogens (tertiary/aromatic N) is 2. The molecule has 1 aliphatic carbocycles. The molecule has 0 spiro atoms. The van der Waals surface area contributed by atoms with Crippen molar-refractivity contribution in [3.8, 4) is 0 Å². The lowest BCUT2D eigenvalue weighted by Crippen LogP contribution is -2.47. The third-order valence-corrected chi connectivity index (χ3v) is 6.66. The Kier molecular flexibility index (Phi) is 6.44. The van der Waals surface area contributed by atoms with Crippen LogP contribution in [0.3, 0.4) is 0 Å². The summed E-state index contributed by atoms with van der Waals surface area (Å²) in [7, 11) is 0. The lowest BCUT2D eigenvalue weighted by atomic mass is 9.78. The molecule has 1 saturated heterocycles. The molecular weight excluding hydrogens is 390 g/mol. The second kappa shape index (κ2) is 9.41. The minimum atomic E-state index is -0.861. The molecule has 1 heterocycles. The summed E-state index contributed by atoms with van der Waals surface area (Å²) in [5.74, 6) is -2.07. The number of para-hydroxylation sites is 3. The van der Waals surface area contributed by atoms with Gasteiger partial charge in [0.05, 0.1) is 23.2 Å². The minimum absolute atomic E-state index is 0.168. The predicted molar refractivity (Wildman–Crippen MR) is 124 cm³/mol. The molecule has 2 fully saturated rings. The number of anilines is 3. The fourth-order valence-corrected chi connectivity index (χ4v) is 4.93. The fourth-order valence-electron chi connectivity index (χ4n) is 4.93. The molecule has 2 aromatic rings. The summed E-state index contributed by atoms with van der Waals surface area (Å²) < 4.78 is 0. The van der Waals surface area contributed by atoms with Crippen LogP contribution in [-0.2, 0) is 9.59 Å². The smallest absolute Gasteiger partial charge is 0.307 e. The monoisotopic (exact) mass is 421 g/mol. The van der Waals surface area contributed by atoms with E-state index in [0.29, 0.717) is 12.8 Å². The zero-order valence-electron chi connectivity index (χ0n) is 18.1. The highest BCUT2D eigenvalue weighted by molar-refractivity contribution is 5.97. The summed E-state index contributed by atoms with van der Waals surface area (Å²) in [5, 5.41) is 12.6. The van der Waals surface area contributed by atoms with Gasteiger partial charge in [-0.05, 0) is 43.5 Å². The molecule has 1 aliphatic heterocycles. The van der Waals surface area contributed by atoms with Gasteiger partial charge in [0.25, 0.3) is 0 Å². The molecule has 0 radical (unpaired) electrons. The number of carboxylic acid groups (broad SMARTS) is 1. The summed E-state index contributed by atoms with van der Waals surface area (Å²) >= 11 is 0. The van der Waals surface area contributed by atoms with E-state index in [2.05, 4.69) is 46.3 Å². The average molecular weight is 422 g/mol. The fraction of sp³-hybridized carbons (Fsp3) is 0.440. The Labute approximate surface area is 183 Å². The second-order valence-corrected chi connectivity index (χ2v) is 8.60. The summed E-state index contributed by atoms with van der Waals surface area (Å²) in [5.41, 5.74) is 4.33. The maximum atomic E-state index is 13.0. The highest BCUT2D eigenvalue weighted by atomic mass is 16.4. The van der Waals surface area contributed by atoms with Gasteiger partial charge < -0.3 is 20.2 Å². The zero-order chi connectivity index (χ0) is 21.8. The van der Waals surface area contributed by atoms with Crippen LogP contribution in [0.4, 0.5) is 17.1 Å². The van der Waals surface area contributed by atoms with Gasteiger partial charge in [-0.2, -0.15) is 0 Å². The summed E-state index contributed by atoms with van der Waals surface area (Å²) in [6.07, 6.45) is 3.00. The van der Waals surface area contributed by atoms with Crippen LogP contribution in [0, 0.1) is 18.8 Å². The van der Waals surface area contributed by atoms with Gasteiger partial charge in [-0.15, -0.1) is 0 Å². The Hall–Kier alpha value is -3.02. The normalized spacial score (nSPS) is 21.6. The van der Waals surface area contributed by atoms with Crippen molar-refractivity contribution < 1.29 is 14.7 Å². The first-order valence-electron chi connectivity index (χ1n) is 11.2. The first-order chi connectivity index (χ1) is 15.0. The number of carbonyl (C=O) groups is 2. The standard InChI is InChI=1S/C25H31N3O3/c1-18-8-2-6-12-22(18)27-14-16-28(17-15-27)23-13-7-5-11-21(23)26-24(29)19-9-3-4-10-20(19)25(30)31/h2,5-8,11-13,19-20H,3-4,9-10,14-17H2,1H3,(H,26,29)(H,30,31)/t19-,20-/m0/s1. The molecule has 0 bridgehead atoms. The van der Waals surface area contributed by atoms with Gasteiger partial charge in [0.15, 0.2) is 0 Å². The number of hydrogen-bond donors (Lipinski definition) is 2. The summed E-state index contributed by atoms with van der Waals surface area (Å²) in [6.45, 7) is 5.70. The molecular formula is C25H31N3O3. The number of carbonyl (C=O) groups excluding carboxylic acids is 1. The minimum Gasteiger partial charge on any atom is -0.481 e. The molecule has 0 unspecified atom stereocenters. The quantitative estimate of drug-likeness (QED) is 0.759. The molecule has 2 atom stereocenters. The van der Waals surface area contributed by atoms with E-state index in [9.17, 15) is 14.7 Å². The van der Waals surface area contributed by atoms with Gasteiger partial charge >= 0.3 is 5.97 Å². The maximum absolute atomic E-state index is 13.0. The van der Waals surface area contributed by atoms with E-state index in [1.165, 1.54) is 11.3 Å². The van der Waals surface area contributed by atoms with E-state index in [4.69, 9.17) is 0 Å². The van der Waals surface area contributed by atoms with Gasteiger partial charge in [0, 0.05) is 31.9 Å². The molecule has 6 heteroatoms. The number of nitrogens with one attached hydrogen (secondary N) is 1. The van der Waals surface area contributed by atoms with Crippen LogP contribution < -0.4 is 15.1 Å². The average Bonchev–Trinajstić information content (AvgIpc) is 2.80. The van der Waals surface area contributed by atoms with Crippen LogP contribution in [0.15, 0.2) is 48.5 Å². The first-order valence-corrected chi connectivity index (χ1v) is 11.2. The van der Waals surface area contributed by atoms with E-state index in [0.717, 1.165) is 50.4 Å². The van der Waals surface area contributed by atoms with E-state index in [1.54, 1.807) is 0 Å². The van der Waals surface area contributed by atoms with Crippen LogP contribution in [0.25, 0.3) is 0 Å².